The number of halogens is 1. The van der Waals surface area contributed by atoms with Gasteiger partial charge in [-0.25, -0.2) is 0 Å². The number of nitrogens with zero attached hydrogens (tertiary/aromatic N) is 1. The zero-order valence-electron chi connectivity index (χ0n) is 6.24. The van der Waals surface area contributed by atoms with Crippen LogP contribution >= 0.6 is 22.9 Å². The topological polar surface area (TPSA) is 50.2 Å². The highest BCUT2D eigenvalue weighted by Gasteiger charge is 2.10. The smallest absolute Gasteiger partial charge is 0.303 e. The van der Waals surface area contributed by atoms with Gasteiger partial charge in [0.1, 0.15) is 0 Å². The Labute approximate surface area is 79.0 Å². The van der Waals surface area contributed by atoms with Crippen LogP contribution in [0.3, 0.4) is 0 Å². The summed E-state index contributed by atoms with van der Waals surface area (Å²) in [5.74, 6) is -0.815. The summed E-state index contributed by atoms with van der Waals surface area (Å²) in [5, 5.41) is 8.17. The van der Waals surface area contributed by atoms with Crippen LogP contribution in [-0.4, -0.2) is 16.1 Å². The predicted molar refractivity (Wildman–Crippen MR) is 47.6 cm³/mol. The first-order chi connectivity index (χ1) is 5.70. The second-order valence-electron chi connectivity index (χ2n) is 2.30. The Morgan fingerprint density at radius 3 is 3.08 bits per heavy atom. The van der Waals surface area contributed by atoms with Crippen LogP contribution in [0.5, 0.6) is 0 Å². The van der Waals surface area contributed by atoms with E-state index in [0.29, 0.717) is 6.42 Å². The van der Waals surface area contributed by atoms with Gasteiger partial charge < -0.3 is 5.11 Å². The number of aliphatic carboxylic acids is 1. The van der Waals surface area contributed by atoms with Crippen molar-refractivity contribution in [3.63, 3.8) is 0 Å². The summed E-state index contributed by atoms with van der Waals surface area (Å²) >= 11 is 7.35. The van der Waals surface area contributed by atoms with Crippen molar-refractivity contribution < 1.29 is 9.90 Å². The molecule has 1 aromatic heterocycles. The van der Waals surface area contributed by atoms with E-state index in [1.165, 1.54) is 11.3 Å². The summed E-state index contributed by atoms with van der Waals surface area (Å²) in [6.45, 7) is 0. The van der Waals surface area contributed by atoms with Gasteiger partial charge in [0.2, 0.25) is 0 Å². The van der Waals surface area contributed by atoms with E-state index in [1.807, 2.05) is 0 Å². The number of carbonyl (C=O) groups is 1. The fraction of sp³-hybridized carbons (Fsp3) is 0.429. The summed E-state index contributed by atoms with van der Waals surface area (Å²) in [6, 6.07) is 0. The molecule has 0 aromatic carbocycles. The Bertz CT molecular complexity index is 250. The first kappa shape index (κ1) is 9.48. The van der Waals surface area contributed by atoms with Crippen LogP contribution in [-0.2, 0) is 4.79 Å². The molecule has 1 N–H and O–H groups in total. The lowest BCUT2D eigenvalue weighted by atomic mass is 10.2. The number of hydrogen-bond acceptors (Lipinski definition) is 3. The van der Waals surface area contributed by atoms with Gasteiger partial charge in [0.15, 0.2) is 0 Å². The van der Waals surface area contributed by atoms with E-state index < -0.39 is 5.97 Å². The number of rotatable bonds is 4. The highest BCUT2D eigenvalue weighted by molar-refractivity contribution is 7.09. The molecule has 0 radical (unpaired) electrons. The maximum absolute atomic E-state index is 10.2. The molecular weight excluding hydrogens is 198 g/mol. The van der Waals surface area contributed by atoms with Crippen molar-refractivity contribution in [2.75, 3.05) is 0 Å². The maximum Gasteiger partial charge on any atom is 0.303 e. The van der Waals surface area contributed by atoms with E-state index in [4.69, 9.17) is 16.7 Å². The molecule has 1 aromatic rings. The average Bonchev–Trinajstić information content (AvgIpc) is 2.51. The van der Waals surface area contributed by atoms with Crippen LogP contribution in [0.1, 0.15) is 23.1 Å². The molecular formula is C7H8ClNO2S. The van der Waals surface area contributed by atoms with E-state index in [0.717, 1.165) is 4.88 Å². The summed E-state index contributed by atoms with van der Waals surface area (Å²) in [5.41, 5.74) is 1.69. The molecule has 0 fully saturated rings. The minimum Gasteiger partial charge on any atom is -0.481 e. The van der Waals surface area contributed by atoms with Crippen molar-refractivity contribution in [1.29, 1.82) is 0 Å². The molecule has 1 heterocycles. The SMILES string of the molecule is O=C(O)CCC(Cl)c1cncs1. The van der Waals surface area contributed by atoms with Crippen LogP contribution in [0.2, 0.25) is 0 Å². The molecule has 0 aliphatic rings. The number of hydrogen-bond donors (Lipinski definition) is 1. The fourth-order valence-corrected chi connectivity index (χ4v) is 1.72. The Balaban J connectivity index is 2.39. The predicted octanol–water partition coefficient (Wildman–Crippen LogP) is 2.29. The molecule has 66 valence electrons. The van der Waals surface area contributed by atoms with Crippen LogP contribution in [0.15, 0.2) is 11.7 Å². The summed E-state index contributed by atoms with van der Waals surface area (Å²) in [7, 11) is 0. The van der Waals surface area contributed by atoms with E-state index in [-0.39, 0.29) is 11.8 Å². The van der Waals surface area contributed by atoms with E-state index in [1.54, 1.807) is 11.7 Å². The van der Waals surface area contributed by atoms with Crippen molar-refractivity contribution in [2.24, 2.45) is 0 Å². The molecule has 0 bridgehead atoms. The molecule has 0 spiro atoms. The lowest BCUT2D eigenvalue weighted by Gasteiger charge is -2.02. The molecule has 1 unspecified atom stereocenters. The lowest BCUT2D eigenvalue weighted by Crippen LogP contribution is -1.97. The second kappa shape index (κ2) is 4.42. The molecule has 12 heavy (non-hydrogen) atoms. The van der Waals surface area contributed by atoms with Gasteiger partial charge in [-0.3, -0.25) is 9.78 Å². The molecule has 1 atom stereocenters. The van der Waals surface area contributed by atoms with Gasteiger partial charge in [0.25, 0.3) is 0 Å². The van der Waals surface area contributed by atoms with Gasteiger partial charge in [0.05, 0.1) is 10.9 Å². The highest BCUT2D eigenvalue weighted by atomic mass is 35.5. The van der Waals surface area contributed by atoms with Gasteiger partial charge >= 0.3 is 5.97 Å². The third-order valence-corrected chi connectivity index (χ3v) is 2.84. The van der Waals surface area contributed by atoms with E-state index in [2.05, 4.69) is 4.98 Å². The van der Waals surface area contributed by atoms with Crippen molar-refractivity contribution >= 4 is 28.9 Å². The van der Waals surface area contributed by atoms with Crippen molar-refractivity contribution in [2.45, 2.75) is 18.2 Å². The van der Waals surface area contributed by atoms with Gasteiger partial charge in [0, 0.05) is 17.5 Å². The molecule has 0 saturated heterocycles. The Kier molecular flexibility index (Phi) is 3.49. The molecule has 0 saturated carbocycles. The summed E-state index contributed by atoms with van der Waals surface area (Å²) in [6.07, 6.45) is 2.23. The molecule has 3 nitrogen and oxygen atoms in total. The number of thiazole rings is 1. The molecule has 0 amide bonds. The minimum atomic E-state index is -0.815. The first-order valence-electron chi connectivity index (χ1n) is 3.44. The highest BCUT2D eigenvalue weighted by Crippen LogP contribution is 2.27. The van der Waals surface area contributed by atoms with E-state index in [9.17, 15) is 4.79 Å². The molecule has 0 aliphatic heterocycles. The monoisotopic (exact) mass is 205 g/mol. The number of carboxylic acid groups (broad SMARTS) is 1. The minimum absolute atomic E-state index is 0.103. The number of carboxylic acids is 1. The van der Waals surface area contributed by atoms with Gasteiger partial charge in [-0.2, -0.15) is 0 Å². The Morgan fingerprint density at radius 2 is 2.58 bits per heavy atom. The quantitative estimate of drug-likeness (QED) is 0.768. The maximum atomic E-state index is 10.2. The number of alkyl halides is 1. The van der Waals surface area contributed by atoms with Crippen LogP contribution < -0.4 is 0 Å². The second-order valence-corrected chi connectivity index (χ2v) is 3.75. The van der Waals surface area contributed by atoms with Gasteiger partial charge in [-0.1, -0.05) is 0 Å². The largest absolute Gasteiger partial charge is 0.481 e. The zero-order valence-corrected chi connectivity index (χ0v) is 7.81. The first-order valence-corrected chi connectivity index (χ1v) is 4.76. The van der Waals surface area contributed by atoms with Crippen LogP contribution in [0.25, 0.3) is 0 Å². The standard InChI is InChI=1S/C7H8ClNO2S/c8-5(1-2-7(10)11)6-3-9-4-12-6/h3-5H,1-2H2,(H,10,11). The summed E-state index contributed by atoms with van der Waals surface area (Å²) in [4.78, 5) is 15.0. The lowest BCUT2D eigenvalue weighted by molar-refractivity contribution is -0.137. The normalized spacial score (nSPS) is 12.8. The Morgan fingerprint density at radius 1 is 1.83 bits per heavy atom. The van der Waals surface area contributed by atoms with Gasteiger partial charge in [-0.05, 0) is 6.42 Å². The molecule has 0 aliphatic carbocycles. The average molecular weight is 206 g/mol. The van der Waals surface area contributed by atoms with Crippen LogP contribution in [0, 0.1) is 0 Å². The summed E-state index contributed by atoms with van der Waals surface area (Å²) < 4.78 is 0. The van der Waals surface area contributed by atoms with Crippen LogP contribution in [0.4, 0.5) is 0 Å². The Hall–Kier alpha value is -0.610. The van der Waals surface area contributed by atoms with Gasteiger partial charge in [-0.15, -0.1) is 22.9 Å². The zero-order chi connectivity index (χ0) is 8.97. The van der Waals surface area contributed by atoms with E-state index >= 15 is 0 Å². The molecule has 5 heteroatoms. The number of aromatic nitrogens is 1. The van der Waals surface area contributed by atoms with Crippen molar-refractivity contribution in [3.05, 3.63) is 16.6 Å². The van der Waals surface area contributed by atoms with Crippen molar-refractivity contribution in [3.8, 4) is 0 Å². The third kappa shape index (κ3) is 2.79. The third-order valence-electron chi connectivity index (χ3n) is 1.37. The molecule has 1 rings (SSSR count). The van der Waals surface area contributed by atoms with Crippen molar-refractivity contribution in [1.82, 2.24) is 4.98 Å². The fourth-order valence-electron chi connectivity index (χ4n) is 0.773.